The fraction of sp³-hybridized carbons (Fsp3) is 0.364. The second kappa shape index (κ2) is 8.47. The van der Waals surface area contributed by atoms with E-state index < -0.39 is 6.36 Å². The third-order valence-corrected chi connectivity index (χ3v) is 5.82. The lowest BCUT2D eigenvalue weighted by Crippen LogP contribution is -2.51. The van der Waals surface area contributed by atoms with Crippen molar-refractivity contribution in [1.29, 1.82) is 0 Å². The molecule has 0 atom stereocenters. The van der Waals surface area contributed by atoms with E-state index in [1.165, 1.54) is 12.3 Å². The minimum absolute atomic E-state index is 0.169. The molecule has 0 amide bonds. The zero-order valence-electron chi connectivity index (χ0n) is 17.5. The number of hydrogen-bond donors (Lipinski definition) is 1. The van der Waals surface area contributed by atoms with Crippen LogP contribution in [0, 0.1) is 5.41 Å². The number of piperidine rings is 1. The molecule has 2 saturated heterocycles. The molecule has 5 rings (SSSR count). The Kier molecular flexibility index (Phi) is 5.49. The maximum absolute atomic E-state index is 12.6. The Morgan fingerprint density at radius 3 is 2.52 bits per heavy atom. The normalized spacial score (nSPS) is 17.5. The average molecular weight is 458 g/mol. The summed E-state index contributed by atoms with van der Waals surface area (Å²) in [5.41, 5.74) is 1.00. The molecule has 33 heavy (non-hydrogen) atoms. The number of nitrogens with zero attached hydrogens (tertiary/aromatic N) is 5. The molecule has 11 heteroatoms. The zero-order chi connectivity index (χ0) is 22.9. The highest BCUT2D eigenvalue weighted by Gasteiger charge is 2.41. The van der Waals surface area contributed by atoms with Gasteiger partial charge < -0.3 is 19.7 Å². The summed E-state index contributed by atoms with van der Waals surface area (Å²) in [6, 6.07) is 7.72. The molecule has 0 saturated carbocycles. The van der Waals surface area contributed by atoms with Gasteiger partial charge in [0.2, 0.25) is 0 Å². The van der Waals surface area contributed by atoms with E-state index in [1.54, 1.807) is 24.5 Å². The number of halogens is 3. The molecular weight excluding hydrogens is 437 g/mol. The first-order chi connectivity index (χ1) is 15.9. The summed E-state index contributed by atoms with van der Waals surface area (Å²) in [5.74, 6) is 1.39. The first kappa shape index (κ1) is 21.4. The number of rotatable bonds is 5. The number of alkyl halides is 3. The molecule has 2 aliphatic rings. The molecule has 172 valence electrons. The number of pyridine rings is 2. The van der Waals surface area contributed by atoms with Crippen molar-refractivity contribution in [3.05, 3.63) is 48.9 Å². The number of aromatic nitrogens is 4. The third kappa shape index (κ3) is 4.98. The quantitative estimate of drug-likeness (QED) is 0.609. The Bertz CT molecular complexity index is 1110. The van der Waals surface area contributed by atoms with Crippen LogP contribution in [0.25, 0.3) is 11.4 Å². The van der Waals surface area contributed by atoms with Gasteiger partial charge in [-0.05, 0) is 31.0 Å². The smallest absolute Gasteiger partial charge is 0.406 e. The highest BCUT2D eigenvalue weighted by atomic mass is 19.4. The summed E-state index contributed by atoms with van der Waals surface area (Å²) in [6.45, 7) is 3.28. The fourth-order valence-corrected chi connectivity index (χ4v) is 3.98. The van der Waals surface area contributed by atoms with Crippen molar-refractivity contribution in [2.75, 3.05) is 36.5 Å². The lowest BCUT2D eigenvalue weighted by molar-refractivity contribution is -0.274. The summed E-state index contributed by atoms with van der Waals surface area (Å²) in [6.07, 6.45) is 1.80. The number of hydrogen-bond acceptors (Lipinski definition) is 8. The Hall–Kier alpha value is -3.47. The van der Waals surface area contributed by atoms with Crippen molar-refractivity contribution < 1.29 is 22.6 Å². The molecule has 1 N–H and O–H groups in total. The predicted octanol–water partition coefficient (Wildman–Crippen LogP) is 4.19. The largest absolute Gasteiger partial charge is 0.573 e. The van der Waals surface area contributed by atoms with E-state index in [4.69, 9.17) is 9.72 Å². The average Bonchev–Trinajstić information content (AvgIpc) is 2.78. The molecule has 3 aromatic rings. The molecule has 3 aromatic heterocycles. The second-order valence-electron chi connectivity index (χ2n) is 8.21. The standard InChI is InChI=1S/C22H21F3N6O2/c23-22(24,25)33-16-3-7-27-17(10-16)28-18-11-19(30-20(29-18)15-2-1-6-26-12-15)31-8-4-21(5-9-31)13-32-14-21/h1-3,6-7,10-12H,4-5,8-9,13-14H2,(H,27,28,29,30). The van der Waals surface area contributed by atoms with Crippen LogP contribution in [0.3, 0.4) is 0 Å². The number of nitrogens with one attached hydrogen (secondary N) is 1. The van der Waals surface area contributed by atoms with Crippen molar-refractivity contribution >= 4 is 17.5 Å². The third-order valence-electron chi connectivity index (χ3n) is 5.82. The molecule has 8 nitrogen and oxygen atoms in total. The van der Waals surface area contributed by atoms with Crippen LogP contribution in [0.2, 0.25) is 0 Å². The highest BCUT2D eigenvalue weighted by molar-refractivity contribution is 5.64. The van der Waals surface area contributed by atoms with Gasteiger partial charge in [0.25, 0.3) is 0 Å². The van der Waals surface area contributed by atoms with Gasteiger partial charge in [-0.15, -0.1) is 13.2 Å². The number of ether oxygens (including phenoxy) is 2. The van der Waals surface area contributed by atoms with E-state index in [-0.39, 0.29) is 17.0 Å². The highest BCUT2D eigenvalue weighted by Crippen LogP contribution is 2.39. The molecule has 0 unspecified atom stereocenters. The Morgan fingerprint density at radius 1 is 1.03 bits per heavy atom. The summed E-state index contributed by atoms with van der Waals surface area (Å²) >= 11 is 0. The minimum atomic E-state index is -4.79. The van der Waals surface area contributed by atoms with Crippen molar-refractivity contribution in [3.8, 4) is 17.1 Å². The van der Waals surface area contributed by atoms with Crippen LogP contribution in [0.5, 0.6) is 5.75 Å². The Labute approximate surface area is 187 Å². The van der Waals surface area contributed by atoms with Gasteiger partial charge in [0.15, 0.2) is 5.82 Å². The summed E-state index contributed by atoms with van der Waals surface area (Å²) in [7, 11) is 0. The Balaban J connectivity index is 1.43. The molecule has 5 heterocycles. The first-order valence-corrected chi connectivity index (χ1v) is 10.5. The van der Waals surface area contributed by atoms with E-state index in [0.29, 0.717) is 11.6 Å². The minimum Gasteiger partial charge on any atom is -0.406 e. The van der Waals surface area contributed by atoms with Crippen molar-refractivity contribution in [2.24, 2.45) is 5.41 Å². The van der Waals surface area contributed by atoms with E-state index in [9.17, 15) is 13.2 Å². The predicted molar refractivity (Wildman–Crippen MR) is 114 cm³/mol. The number of anilines is 3. The maximum Gasteiger partial charge on any atom is 0.573 e. The lowest BCUT2D eigenvalue weighted by Gasteiger charge is -2.47. The fourth-order valence-electron chi connectivity index (χ4n) is 3.98. The van der Waals surface area contributed by atoms with Crippen LogP contribution in [-0.2, 0) is 4.74 Å². The summed E-state index contributed by atoms with van der Waals surface area (Å²) in [5, 5.41) is 2.98. The van der Waals surface area contributed by atoms with Gasteiger partial charge in [0.05, 0.1) is 13.2 Å². The van der Waals surface area contributed by atoms with E-state index >= 15 is 0 Å². The first-order valence-electron chi connectivity index (χ1n) is 10.5. The monoisotopic (exact) mass is 458 g/mol. The van der Waals surface area contributed by atoms with E-state index in [2.05, 4.69) is 29.9 Å². The molecule has 0 aliphatic carbocycles. The van der Waals surface area contributed by atoms with Gasteiger partial charge in [-0.1, -0.05) is 0 Å². The van der Waals surface area contributed by atoms with Gasteiger partial charge in [0.1, 0.15) is 23.2 Å². The van der Waals surface area contributed by atoms with E-state index in [1.807, 2.05) is 6.07 Å². The topological polar surface area (TPSA) is 85.3 Å². The van der Waals surface area contributed by atoms with Crippen LogP contribution in [-0.4, -0.2) is 52.6 Å². The van der Waals surface area contributed by atoms with Crippen LogP contribution in [0.1, 0.15) is 12.8 Å². The molecule has 1 spiro atoms. The van der Waals surface area contributed by atoms with Gasteiger partial charge >= 0.3 is 6.36 Å². The van der Waals surface area contributed by atoms with Gasteiger partial charge in [0, 0.05) is 54.8 Å². The van der Waals surface area contributed by atoms with Crippen LogP contribution in [0.15, 0.2) is 48.9 Å². The summed E-state index contributed by atoms with van der Waals surface area (Å²) < 4.78 is 47.1. The van der Waals surface area contributed by atoms with Crippen molar-refractivity contribution in [1.82, 2.24) is 19.9 Å². The lowest BCUT2D eigenvalue weighted by atomic mass is 9.77. The van der Waals surface area contributed by atoms with E-state index in [0.717, 1.165) is 56.6 Å². The van der Waals surface area contributed by atoms with Crippen molar-refractivity contribution in [2.45, 2.75) is 19.2 Å². The molecular formula is C22H21F3N6O2. The molecule has 0 aromatic carbocycles. The van der Waals surface area contributed by atoms with Crippen molar-refractivity contribution in [3.63, 3.8) is 0 Å². The van der Waals surface area contributed by atoms with Gasteiger partial charge in [-0.3, -0.25) is 4.98 Å². The molecule has 0 bridgehead atoms. The van der Waals surface area contributed by atoms with Crippen LogP contribution >= 0.6 is 0 Å². The second-order valence-corrected chi connectivity index (χ2v) is 8.21. The zero-order valence-corrected chi connectivity index (χ0v) is 17.5. The molecule has 0 radical (unpaired) electrons. The Morgan fingerprint density at radius 2 is 1.85 bits per heavy atom. The molecule has 2 aliphatic heterocycles. The molecule has 2 fully saturated rings. The van der Waals surface area contributed by atoms with Gasteiger partial charge in [-0.25, -0.2) is 15.0 Å². The van der Waals surface area contributed by atoms with Gasteiger partial charge in [-0.2, -0.15) is 0 Å². The maximum atomic E-state index is 12.6. The summed E-state index contributed by atoms with van der Waals surface area (Å²) in [4.78, 5) is 19.7. The SMILES string of the molecule is FC(F)(F)Oc1ccnc(Nc2cc(N3CCC4(CC3)COC4)nc(-c3cccnc3)n2)c1. The van der Waals surface area contributed by atoms with Crippen LogP contribution in [0.4, 0.5) is 30.6 Å². The van der Waals surface area contributed by atoms with Crippen LogP contribution < -0.4 is 15.0 Å².